The second-order valence-corrected chi connectivity index (χ2v) is 10.8. The molecule has 4 heteroatoms. The van der Waals surface area contributed by atoms with E-state index < -0.39 is 0 Å². The van der Waals surface area contributed by atoms with Gasteiger partial charge in [-0.3, -0.25) is 0 Å². The van der Waals surface area contributed by atoms with E-state index in [2.05, 4.69) is 58.3 Å². The molecule has 2 aliphatic rings. The molecule has 0 bridgehead atoms. The minimum absolute atomic E-state index is 0.0429. The van der Waals surface area contributed by atoms with Gasteiger partial charge in [0.05, 0.1) is 6.61 Å². The Balaban J connectivity index is 1.80. The van der Waals surface area contributed by atoms with Crippen molar-refractivity contribution >= 4 is 11.3 Å². The summed E-state index contributed by atoms with van der Waals surface area (Å²) in [6, 6.07) is 4.71. The Kier molecular flexibility index (Phi) is 5.30. The van der Waals surface area contributed by atoms with Gasteiger partial charge in [-0.15, -0.1) is 11.3 Å². The van der Waals surface area contributed by atoms with Gasteiger partial charge >= 0.3 is 0 Å². The van der Waals surface area contributed by atoms with Crippen LogP contribution in [0.2, 0.25) is 0 Å². The lowest BCUT2D eigenvalue weighted by Gasteiger charge is -2.38. The van der Waals surface area contributed by atoms with E-state index in [1.165, 1.54) is 34.4 Å². The molecular formula is C24H34N2OS. The number of aromatic nitrogens is 1. The third-order valence-electron chi connectivity index (χ3n) is 6.74. The van der Waals surface area contributed by atoms with E-state index in [-0.39, 0.29) is 10.8 Å². The minimum Gasteiger partial charge on any atom is -0.493 e. The molecule has 1 unspecified atom stereocenters. The number of nitrogens with zero attached hydrogens (tertiary/aromatic N) is 1. The summed E-state index contributed by atoms with van der Waals surface area (Å²) in [5.74, 6) is 1.79. The highest BCUT2D eigenvalue weighted by molar-refractivity contribution is 7.15. The summed E-state index contributed by atoms with van der Waals surface area (Å²) in [6.45, 7) is 14.6. The number of ether oxygens (including phenoxy) is 1. The van der Waals surface area contributed by atoms with Crippen molar-refractivity contribution in [3.8, 4) is 16.3 Å². The molecule has 0 radical (unpaired) electrons. The van der Waals surface area contributed by atoms with Crippen LogP contribution in [0.3, 0.4) is 0 Å². The molecule has 3 nitrogen and oxygen atoms in total. The van der Waals surface area contributed by atoms with Crippen molar-refractivity contribution in [1.82, 2.24) is 10.3 Å². The molecule has 1 aromatic carbocycles. The SMILES string of the molecule is CCC1(C)CCOc2c(C(C)(C)C)cc(-c3ncc(C4CCNCC4)s3)cc21. The fourth-order valence-electron chi connectivity index (χ4n) is 4.51. The molecule has 4 rings (SSSR count). The Morgan fingerprint density at radius 2 is 2.00 bits per heavy atom. The predicted molar refractivity (Wildman–Crippen MR) is 119 cm³/mol. The number of rotatable bonds is 3. The molecule has 1 aromatic heterocycles. The van der Waals surface area contributed by atoms with Crippen LogP contribution < -0.4 is 10.1 Å². The quantitative estimate of drug-likeness (QED) is 0.686. The average Bonchev–Trinajstić information content (AvgIpc) is 3.18. The fraction of sp³-hybridized carbons (Fsp3) is 0.625. The first-order valence-electron chi connectivity index (χ1n) is 10.8. The molecule has 0 saturated carbocycles. The molecule has 1 saturated heterocycles. The van der Waals surface area contributed by atoms with Gasteiger partial charge in [-0.25, -0.2) is 4.98 Å². The normalized spacial score (nSPS) is 23.3. The topological polar surface area (TPSA) is 34.1 Å². The van der Waals surface area contributed by atoms with Crippen LogP contribution in [0.4, 0.5) is 0 Å². The Morgan fingerprint density at radius 1 is 1.25 bits per heavy atom. The van der Waals surface area contributed by atoms with Crippen LogP contribution in [0.1, 0.15) is 82.2 Å². The predicted octanol–water partition coefficient (Wildman–Crippen LogP) is 6.02. The van der Waals surface area contributed by atoms with Gasteiger partial charge in [0.2, 0.25) is 0 Å². The van der Waals surface area contributed by atoms with Crippen molar-refractivity contribution in [1.29, 1.82) is 0 Å². The molecule has 1 fully saturated rings. The summed E-state index contributed by atoms with van der Waals surface area (Å²) in [5.41, 5.74) is 4.18. The van der Waals surface area contributed by atoms with Gasteiger partial charge in [-0.2, -0.15) is 0 Å². The first kappa shape index (κ1) is 19.9. The highest BCUT2D eigenvalue weighted by Crippen LogP contribution is 2.48. The fourth-order valence-corrected chi connectivity index (χ4v) is 5.58. The molecule has 1 N–H and O–H groups in total. The zero-order valence-corrected chi connectivity index (χ0v) is 18.8. The smallest absolute Gasteiger partial charge is 0.126 e. The number of hydrogen-bond donors (Lipinski definition) is 1. The number of fused-ring (bicyclic) bond motifs is 1. The maximum atomic E-state index is 6.25. The molecule has 1 atom stereocenters. The summed E-state index contributed by atoms with van der Waals surface area (Å²) in [4.78, 5) is 6.31. The van der Waals surface area contributed by atoms with Crippen molar-refractivity contribution < 1.29 is 4.74 Å². The van der Waals surface area contributed by atoms with Gasteiger partial charge in [0.25, 0.3) is 0 Å². The van der Waals surface area contributed by atoms with E-state index >= 15 is 0 Å². The Bertz CT molecular complexity index is 845. The van der Waals surface area contributed by atoms with Crippen LogP contribution in [-0.2, 0) is 10.8 Å². The first-order valence-corrected chi connectivity index (χ1v) is 11.6. The summed E-state index contributed by atoms with van der Waals surface area (Å²) in [5, 5.41) is 4.63. The maximum Gasteiger partial charge on any atom is 0.126 e. The van der Waals surface area contributed by atoms with Gasteiger partial charge in [0.15, 0.2) is 0 Å². The van der Waals surface area contributed by atoms with Gasteiger partial charge in [-0.05, 0) is 67.7 Å². The van der Waals surface area contributed by atoms with Crippen molar-refractivity contribution in [2.75, 3.05) is 19.7 Å². The van der Waals surface area contributed by atoms with Crippen LogP contribution in [0, 0.1) is 0 Å². The van der Waals surface area contributed by atoms with Crippen molar-refractivity contribution in [3.05, 3.63) is 34.3 Å². The monoisotopic (exact) mass is 398 g/mol. The van der Waals surface area contributed by atoms with E-state index in [0.29, 0.717) is 5.92 Å². The lowest BCUT2D eigenvalue weighted by atomic mass is 9.72. The van der Waals surface area contributed by atoms with Gasteiger partial charge < -0.3 is 10.1 Å². The van der Waals surface area contributed by atoms with Crippen LogP contribution in [-0.4, -0.2) is 24.7 Å². The van der Waals surface area contributed by atoms with E-state index in [4.69, 9.17) is 9.72 Å². The number of piperidine rings is 1. The van der Waals surface area contributed by atoms with Crippen LogP contribution in [0.5, 0.6) is 5.75 Å². The Morgan fingerprint density at radius 3 is 2.68 bits per heavy atom. The molecule has 152 valence electrons. The van der Waals surface area contributed by atoms with E-state index in [9.17, 15) is 0 Å². The molecule has 3 heterocycles. The number of nitrogens with one attached hydrogen (secondary N) is 1. The molecule has 2 aromatic rings. The minimum atomic E-state index is 0.0429. The van der Waals surface area contributed by atoms with Gasteiger partial charge in [-0.1, -0.05) is 34.6 Å². The third kappa shape index (κ3) is 3.61. The van der Waals surface area contributed by atoms with Gasteiger partial charge in [0.1, 0.15) is 10.8 Å². The largest absolute Gasteiger partial charge is 0.493 e. The zero-order chi connectivity index (χ0) is 19.9. The third-order valence-corrected chi connectivity index (χ3v) is 7.95. The Labute approximate surface area is 173 Å². The molecule has 0 amide bonds. The number of hydrogen-bond acceptors (Lipinski definition) is 4. The van der Waals surface area contributed by atoms with Crippen molar-refractivity contribution in [2.24, 2.45) is 0 Å². The maximum absolute atomic E-state index is 6.25. The second kappa shape index (κ2) is 7.46. The second-order valence-electron chi connectivity index (χ2n) is 9.76. The van der Waals surface area contributed by atoms with Gasteiger partial charge in [0, 0.05) is 27.8 Å². The van der Waals surface area contributed by atoms with E-state index in [1.54, 1.807) is 0 Å². The standard InChI is InChI=1S/C24H34N2OS/c1-6-24(5)9-12-27-21-18(23(2,3)4)13-17(14-19(21)24)22-26-15-20(28-22)16-7-10-25-11-8-16/h13-16,25H,6-12H2,1-5H3. The van der Waals surface area contributed by atoms with Crippen molar-refractivity contribution in [3.63, 3.8) is 0 Å². The highest BCUT2D eigenvalue weighted by Gasteiger charge is 2.36. The average molecular weight is 399 g/mol. The lowest BCUT2D eigenvalue weighted by Crippen LogP contribution is -2.31. The summed E-state index contributed by atoms with van der Waals surface area (Å²) < 4.78 is 6.25. The zero-order valence-electron chi connectivity index (χ0n) is 18.0. The number of benzene rings is 1. The Hall–Kier alpha value is -1.39. The molecular weight excluding hydrogens is 364 g/mol. The van der Waals surface area contributed by atoms with Crippen LogP contribution in [0.15, 0.2) is 18.3 Å². The first-order chi connectivity index (χ1) is 13.3. The summed E-state index contributed by atoms with van der Waals surface area (Å²) >= 11 is 1.89. The molecule has 2 aliphatic heterocycles. The van der Waals surface area contributed by atoms with Crippen LogP contribution >= 0.6 is 11.3 Å². The van der Waals surface area contributed by atoms with Crippen molar-refractivity contribution in [2.45, 2.75) is 77.0 Å². The molecule has 0 aliphatic carbocycles. The van der Waals surface area contributed by atoms with E-state index in [1.807, 2.05) is 11.3 Å². The number of thiazole rings is 1. The summed E-state index contributed by atoms with van der Waals surface area (Å²) in [6.07, 6.45) is 6.79. The summed E-state index contributed by atoms with van der Waals surface area (Å²) in [7, 11) is 0. The van der Waals surface area contributed by atoms with Crippen LogP contribution in [0.25, 0.3) is 10.6 Å². The highest BCUT2D eigenvalue weighted by atomic mass is 32.1. The molecule has 0 spiro atoms. The molecule has 28 heavy (non-hydrogen) atoms. The lowest BCUT2D eigenvalue weighted by molar-refractivity contribution is 0.215. The van der Waals surface area contributed by atoms with E-state index in [0.717, 1.165) is 43.3 Å².